The fourth-order valence-corrected chi connectivity index (χ4v) is 2.99. The van der Waals surface area contributed by atoms with Gasteiger partial charge in [-0.25, -0.2) is 0 Å². The summed E-state index contributed by atoms with van der Waals surface area (Å²) in [5, 5.41) is 5.49. The zero-order chi connectivity index (χ0) is 12.2. The van der Waals surface area contributed by atoms with Crippen LogP contribution in [0.3, 0.4) is 0 Å². The Kier molecular flexibility index (Phi) is 3.69. The van der Waals surface area contributed by atoms with Gasteiger partial charge >= 0.3 is 0 Å². The van der Waals surface area contributed by atoms with Crippen LogP contribution in [0.2, 0.25) is 0 Å². The highest BCUT2D eigenvalue weighted by molar-refractivity contribution is 7.13. The lowest BCUT2D eigenvalue weighted by atomic mass is 10.1. The molecule has 2 aromatic heterocycles. The van der Waals surface area contributed by atoms with Gasteiger partial charge in [0.05, 0.1) is 0 Å². The quantitative estimate of drug-likeness (QED) is 0.916. The van der Waals surface area contributed by atoms with E-state index in [4.69, 9.17) is 0 Å². The van der Waals surface area contributed by atoms with Crippen molar-refractivity contribution in [3.05, 3.63) is 41.5 Å². The molecule has 2 aromatic rings. The van der Waals surface area contributed by atoms with Crippen molar-refractivity contribution in [1.82, 2.24) is 15.2 Å². The SMILES string of the molecule is c1csc(-c2cncc(CN3CCNCC3)c2)c1. The molecule has 1 fully saturated rings. The molecule has 1 aliphatic rings. The molecular formula is C14H17N3S. The molecule has 0 unspecified atom stereocenters. The predicted molar refractivity (Wildman–Crippen MR) is 75.7 cm³/mol. The maximum absolute atomic E-state index is 4.37. The summed E-state index contributed by atoms with van der Waals surface area (Å²) in [5.41, 5.74) is 2.54. The normalized spacial score (nSPS) is 16.9. The van der Waals surface area contributed by atoms with Crippen LogP contribution >= 0.6 is 11.3 Å². The van der Waals surface area contributed by atoms with Gasteiger partial charge in [0.2, 0.25) is 0 Å². The van der Waals surface area contributed by atoms with Gasteiger partial charge in [0.15, 0.2) is 0 Å². The summed E-state index contributed by atoms with van der Waals surface area (Å²) in [5.74, 6) is 0. The van der Waals surface area contributed by atoms with Crippen molar-refractivity contribution >= 4 is 11.3 Å². The molecule has 18 heavy (non-hydrogen) atoms. The fraction of sp³-hybridized carbons (Fsp3) is 0.357. The summed E-state index contributed by atoms with van der Waals surface area (Å²) in [7, 11) is 0. The van der Waals surface area contributed by atoms with E-state index in [1.54, 1.807) is 11.3 Å². The van der Waals surface area contributed by atoms with E-state index < -0.39 is 0 Å². The van der Waals surface area contributed by atoms with Crippen LogP contribution in [0.15, 0.2) is 36.0 Å². The summed E-state index contributed by atoms with van der Waals surface area (Å²) in [6.45, 7) is 5.45. The van der Waals surface area contributed by atoms with Crippen LogP contribution in [0.5, 0.6) is 0 Å². The molecule has 0 amide bonds. The minimum Gasteiger partial charge on any atom is -0.314 e. The van der Waals surface area contributed by atoms with Gasteiger partial charge in [-0.15, -0.1) is 11.3 Å². The summed E-state index contributed by atoms with van der Waals surface area (Å²) in [4.78, 5) is 8.14. The average Bonchev–Trinajstić information content (AvgIpc) is 2.94. The minimum atomic E-state index is 1.01. The van der Waals surface area contributed by atoms with E-state index in [-0.39, 0.29) is 0 Å². The molecule has 0 aromatic carbocycles. The van der Waals surface area contributed by atoms with Crippen molar-refractivity contribution in [3.8, 4) is 10.4 Å². The van der Waals surface area contributed by atoms with E-state index in [1.165, 1.54) is 16.0 Å². The van der Waals surface area contributed by atoms with E-state index in [1.807, 2.05) is 12.4 Å². The second-order valence-corrected chi connectivity index (χ2v) is 5.53. The molecule has 0 saturated carbocycles. The topological polar surface area (TPSA) is 28.2 Å². The number of hydrogen-bond donors (Lipinski definition) is 1. The first-order valence-corrected chi connectivity index (χ1v) is 7.21. The molecular weight excluding hydrogens is 242 g/mol. The Bertz CT molecular complexity index is 490. The van der Waals surface area contributed by atoms with Gasteiger partial charge in [-0.3, -0.25) is 9.88 Å². The zero-order valence-electron chi connectivity index (χ0n) is 10.3. The van der Waals surface area contributed by atoms with Gasteiger partial charge < -0.3 is 5.32 Å². The summed E-state index contributed by atoms with van der Waals surface area (Å²) < 4.78 is 0. The Hall–Kier alpha value is -1.23. The summed E-state index contributed by atoms with van der Waals surface area (Å²) in [6, 6.07) is 6.50. The Balaban J connectivity index is 1.74. The van der Waals surface area contributed by atoms with Gasteiger partial charge in [-0.2, -0.15) is 0 Å². The maximum atomic E-state index is 4.37. The molecule has 1 aliphatic heterocycles. The van der Waals surface area contributed by atoms with Crippen LogP contribution in [0, 0.1) is 0 Å². The third-order valence-electron chi connectivity index (χ3n) is 3.22. The number of rotatable bonds is 3. The van der Waals surface area contributed by atoms with E-state index in [0.29, 0.717) is 0 Å². The molecule has 1 N–H and O–H groups in total. The Labute approximate surface area is 111 Å². The highest BCUT2D eigenvalue weighted by Crippen LogP contribution is 2.24. The highest BCUT2D eigenvalue weighted by Gasteiger charge is 2.10. The molecule has 0 atom stereocenters. The number of pyridine rings is 1. The molecule has 0 spiro atoms. The van der Waals surface area contributed by atoms with Crippen LogP contribution in [-0.4, -0.2) is 36.1 Å². The zero-order valence-corrected chi connectivity index (χ0v) is 11.1. The Morgan fingerprint density at radius 2 is 2.17 bits per heavy atom. The molecule has 0 radical (unpaired) electrons. The first-order valence-electron chi connectivity index (χ1n) is 6.33. The monoisotopic (exact) mass is 259 g/mol. The van der Waals surface area contributed by atoms with E-state index in [0.717, 1.165) is 32.7 Å². The van der Waals surface area contributed by atoms with Crippen LogP contribution in [0.1, 0.15) is 5.56 Å². The molecule has 0 bridgehead atoms. The minimum absolute atomic E-state index is 1.01. The van der Waals surface area contributed by atoms with Gasteiger partial charge in [0.25, 0.3) is 0 Å². The van der Waals surface area contributed by atoms with Crippen LogP contribution in [0.25, 0.3) is 10.4 Å². The van der Waals surface area contributed by atoms with Crippen molar-refractivity contribution in [2.45, 2.75) is 6.54 Å². The molecule has 1 saturated heterocycles. The molecule has 3 heterocycles. The third kappa shape index (κ3) is 2.77. The molecule has 3 rings (SSSR count). The smallest absolute Gasteiger partial charge is 0.0358 e. The summed E-state index contributed by atoms with van der Waals surface area (Å²) >= 11 is 1.77. The average molecular weight is 259 g/mol. The predicted octanol–water partition coefficient (Wildman–Crippen LogP) is 2.22. The van der Waals surface area contributed by atoms with E-state index >= 15 is 0 Å². The lowest BCUT2D eigenvalue weighted by Gasteiger charge is -2.27. The van der Waals surface area contributed by atoms with Gasteiger partial charge in [0.1, 0.15) is 0 Å². The van der Waals surface area contributed by atoms with Crippen LogP contribution in [0.4, 0.5) is 0 Å². The number of thiophene rings is 1. The van der Waals surface area contributed by atoms with Gasteiger partial charge in [-0.1, -0.05) is 6.07 Å². The summed E-state index contributed by atoms with van der Waals surface area (Å²) in [6.07, 6.45) is 3.94. The largest absolute Gasteiger partial charge is 0.314 e. The van der Waals surface area contributed by atoms with E-state index in [2.05, 4.69) is 38.8 Å². The molecule has 94 valence electrons. The maximum Gasteiger partial charge on any atom is 0.0358 e. The highest BCUT2D eigenvalue weighted by atomic mass is 32.1. The standard InChI is InChI=1S/C14H17N3S/c1-2-14(18-7-1)13-8-12(9-16-10-13)11-17-5-3-15-4-6-17/h1-2,7-10,15H,3-6,11H2. The number of hydrogen-bond acceptors (Lipinski definition) is 4. The third-order valence-corrected chi connectivity index (χ3v) is 4.14. The number of nitrogens with zero attached hydrogens (tertiary/aromatic N) is 2. The van der Waals surface area contributed by atoms with Crippen molar-refractivity contribution in [2.24, 2.45) is 0 Å². The van der Waals surface area contributed by atoms with Crippen molar-refractivity contribution in [1.29, 1.82) is 0 Å². The fourth-order valence-electron chi connectivity index (χ4n) is 2.28. The lowest BCUT2D eigenvalue weighted by Crippen LogP contribution is -2.42. The molecule has 3 nitrogen and oxygen atoms in total. The second-order valence-electron chi connectivity index (χ2n) is 4.59. The van der Waals surface area contributed by atoms with Crippen molar-refractivity contribution in [2.75, 3.05) is 26.2 Å². The Morgan fingerprint density at radius 1 is 1.28 bits per heavy atom. The second kappa shape index (κ2) is 5.61. The van der Waals surface area contributed by atoms with Crippen molar-refractivity contribution in [3.63, 3.8) is 0 Å². The number of piperazine rings is 1. The number of aromatic nitrogens is 1. The van der Waals surface area contributed by atoms with Crippen LogP contribution in [-0.2, 0) is 6.54 Å². The molecule has 4 heteroatoms. The first kappa shape index (κ1) is 11.8. The van der Waals surface area contributed by atoms with Crippen molar-refractivity contribution < 1.29 is 0 Å². The number of nitrogens with one attached hydrogen (secondary N) is 1. The van der Waals surface area contributed by atoms with Gasteiger partial charge in [0, 0.05) is 55.6 Å². The van der Waals surface area contributed by atoms with Crippen LogP contribution < -0.4 is 5.32 Å². The lowest BCUT2D eigenvalue weighted by molar-refractivity contribution is 0.233. The Morgan fingerprint density at radius 3 is 2.94 bits per heavy atom. The molecule has 0 aliphatic carbocycles. The first-order chi connectivity index (χ1) is 8.92. The van der Waals surface area contributed by atoms with E-state index in [9.17, 15) is 0 Å². The van der Waals surface area contributed by atoms with Gasteiger partial charge in [-0.05, 0) is 23.1 Å².